The van der Waals surface area contributed by atoms with Gasteiger partial charge in [-0.25, -0.2) is 9.59 Å². The molecule has 1 aliphatic rings. The lowest BCUT2D eigenvalue weighted by atomic mass is 10.2. The van der Waals surface area contributed by atoms with E-state index < -0.39 is 5.97 Å². The lowest BCUT2D eigenvalue weighted by Crippen LogP contribution is -2.50. The normalized spacial score (nSPS) is 14.4. The molecule has 0 bridgehead atoms. The molecule has 1 aliphatic heterocycles. The van der Waals surface area contributed by atoms with Crippen molar-refractivity contribution in [2.24, 2.45) is 0 Å². The molecule has 1 N–H and O–H groups in total. The maximum absolute atomic E-state index is 12.4. The Morgan fingerprint density at radius 2 is 1.79 bits per heavy atom. The van der Waals surface area contributed by atoms with Gasteiger partial charge in [0.2, 0.25) is 0 Å². The number of benzene rings is 1. The van der Waals surface area contributed by atoms with Crippen LogP contribution in [0.15, 0.2) is 41.8 Å². The molecule has 7 heteroatoms. The summed E-state index contributed by atoms with van der Waals surface area (Å²) in [6.45, 7) is 2.84. The van der Waals surface area contributed by atoms with Gasteiger partial charge in [-0.1, -0.05) is 18.2 Å². The topological polar surface area (TPSA) is 61.9 Å². The fourth-order valence-corrected chi connectivity index (χ4v) is 3.43. The quantitative estimate of drug-likeness (QED) is 0.869. The van der Waals surface area contributed by atoms with Crippen molar-refractivity contribution in [2.45, 2.75) is 0 Å². The molecule has 0 atom stereocenters. The summed E-state index contributed by atoms with van der Waals surface area (Å²) in [4.78, 5) is 28.5. The molecule has 2 aromatic rings. The molecule has 0 unspecified atom stereocenters. The first-order valence-electron chi connectivity index (χ1n) is 7.71. The Bertz CT molecular complexity index is 709. The number of hydrogen-bond donors (Lipinski definition) is 1. The van der Waals surface area contributed by atoms with Crippen molar-refractivity contribution in [3.8, 4) is 0 Å². The number of anilines is 2. The number of hydrogen-bond acceptors (Lipinski definition) is 5. The third-order valence-corrected chi connectivity index (χ3v) is 4.86. The Morgan fingerprint density at radius 3 is 2.46 bits per heavy atom. The van der Waals surface area contributed by atoms with Crippen LogP contribution in [0.25, 0.3) is 0 Å². The van der Waals surface area contributed by atoms with Crippen molar-refractivity contribution < 1.29 is 14.3 Å². The summed E-state index contributed by atoms with van der Waals surface area (Å²) in [5, 5.41) is 4.57. The van der Waals surface area contributed by atoms with Gasteiger partial charge in [-0.3, -0.25) is 0 Å². The number of carbonyl (C=O) groups excluding carboxylic acids is 2. The van der Waals surface area contributed by atoms with Crippen LogP contribution in [0.3, 0.4) is 0 Å². The molecule has 3 rings (SSSR count). The summed E-state index contributed by atoms with van der Waals surface area (Å²) in [6.07, 6.45) is 0. The number of amides is 2. The molecule has 6 nitrogen and oxygen atoms in total. The van der Waals surface area contributed by atoms with E-state index >= 15 is 0 Å². The second kappa shape index (κ2) is 7.35. The molecule has 1 fully saturated rings. The summed E-state index contributed by atoms with van der Waals surface area (Å²) in [5.41, 5.74) is 1.67. The van der Waals surface area contributed by atoms with Gasteiger partial charge in [0.25, 0.3) is 0 Å². The molecule has 0 aliphatic carbocycles. The average molecular weight is 345 g/mol. The molecule has 126 valence electrons. The Kier molecular flexibility index (Phi) is 5.00. The number of rotatable bonds is 3. The minimum absolute atomic E-state index is 0.189. The zero-order valence-electron chi connectivity index (χ0n) is 13.4. The minimum Gasteiger partial charge on any atom is -0.465 e. The Hall–Kier alpha value is -2.54. The zero-order chi connectivity index (χ0) is 16.9. The van der Waals surface area contributed by atoms with E-state index in [1.54, 1.807) is 16.3 Å². The Morgan fingerprint density at radius 1 is 1.08 bits per heavy atom. The van der Waals surface area contributed by atoms with Gasteiger partial charge in [0.05, 0.1) is 12.8 Å². The minimum atomic E-state index is -0.436. The third-order valence-electron chi connectivity index (χ3n) is 3.97. The molecule has 24 heavy (non-hydrogen) atoms. The predicted octanol–water partition coefficient (Wildman–Crippen LogP) is 2.89. The third kappa shape index (κ3) is 3.51. The smallest absolute Gasteiger partial charge is 0.350 e. The molecule has 1 aromatic carbocycles. The number of ether oxygens (including phenoxy) is 1. The van der Waals surface area contributed by atoms with Crippen LogP contribution in [0.1, 0.15) is 9.67 Å². The highest BCUT2D eigenvalue weighted by atomic mass is 32.1. The van der Waals surface area contributed by atoms with Gasteiger partial charge < -0.3 is 19.9 Å². The van der Waals surface area contributed by atoms with Crippen LogP contribution >= 0.6 is 11.3 Å². The lowest BCUT2D eigenvalue weighted by Gasteiger charge is -2.36. The van der Waals surface area contributed by atoms with Crippen molar-refractivity contribution in [2.75, 3.05) is 43.5 Å². The Balaban J connectivity index is 1.58. The number of para-hydroxylation sites is 1. The van der Waals surface area contributed by atoms with Crippen LogP contribution in [-0.2, 0) is 4.74 Å². The second-order valence-electron chi connectivity index (χ2n) is 5.39. The molecule has 1 saturated heterocycles. The predicted molar refractivity (Wildman–Crippen MR) is 94.9 cm³/mol. The van der Waals surface area contributed by atoms with Crippen LogP contribution in [0.2, 0.25) is 0 Å². The molecule has 0 spiro atoms. The highest BCUT2D eigenvalue weighted by molar-refractivity contribution is 7.12. The van der Waals surface area contributed by atoms with E-state index in [9.17, 15) is 9.59 Å². The highest BCUT2D eigenvalue weighted by Crippen LogP contribution is 2.24. The second-order valence-corrected chi connectivity index (χ2v) is 6.31. The number of carbonyl (C=O) groups is 2. The fraction of sp³-hybridized carbons (Fsp3) is 0.294. The molecule has 0 saturated carbocycles. The van der Waals surface area contributed by atoms with E-state index in [-0.39, 0.29) is 6.03 Å². The van der Waals surface area contributed by atoms with E-state index in [0.717, 1.165) is 13.1 Å². The molecular formula is C17H19N3O3S. The van der Waals surface area contributed by atoms with E-state index in [4.69, 9.17) is 4.74 Å². The monoisotopic (exact) mass is 345 g/mol. The number of thiophene rings is 1. The number of methoxy groups -OCH3 is 1. The van der Waals surface area contributed by atoms with Crippen molar-refractivity contribution in [3.05, 3.63) is 46.7 Å². The van der Waals surface area contributed by atoms with Gasteiger partial charge in [-0.2, -0.15) is 0 Å². The van der Waals surface area contributed by atoms with Crippen LogP contribution in [0.4, 0.5) is 16.2 Å². The SMILES string of the molecule is COC(=O)c1sccc1NC(=O)N1CCN(c2ccccc2)CC1. The van der Waals surface area contributed by atoms with Crippen LogP contribution < -0.4 is 10.2 Å². The number of piperazine rings is 1. The molecule has 0 radical (unpaired) electrons. The molecular weight excluding hydrogens is 326 g/mol. The standard InChI is InChI=1S/C17H19N3O3S/c1-23-16(21)15-14(7-12-24-15)18-17(22)20-10-8-19(9-11-20)13-5-3-2-4-6-13/h2-7,12H,8-11H2,1H3,(H,18,22). The van der Waals surface area contributed by atoms with Gasteiger partial charge in [-0.15, -0.1) is 11.3 Å². The van der Waals surface area contributed by atoms with Crippen molar-refractivity contribution in [1.29, 1.82) is 0 Å². The highest BCUT2D eigenvalue weighted by Gasteiger charge is 2.23. The first kappa shape index (κ1) is 16.3. The van der Waals surface area contributed by atoms with Crippen molar-refractivity contribution in [3.63, 3.8) is 0 Å². The van der Waals surface area contributed by atoms with Gasteiger partial charge in [0.1, 0.15) is 4.88 Å². The van der Waals surface area contributed by atoms with Crippen LogP contribution in [0, 0.1) is 0 Å². The summed E-state index contributed by atoms with van der Waals surface area (Å²) in [5.74, 6) is -0.436. The lowest BCUT2D eigenvalue weighted by molar-refractivity contribution is 0.0607. The van der Waals surface area contributed by atoms with Gasteiger partial charge in [0, 0.05) is 31.9 Å². The average Bonchev–Trinajstić information content (AvgIpc) is 3.10. The molecule has 2 heterocycles. The number of esters is 1. The number of nitrogens with zero attached hydrogens (tertiary/aromatic N) is 2. The van der Waals surface area contributed by atoms with Gasteiger partial charge in [0.15, 0.2) is 0 Å². The summed E-state index contributed by atoms with van der Waals surface area (Å²) >= 11 is 1.25. The van der Waals surface area contributed by atoms with Crippen molar-refractivity contribution >= 4 is 34.7 Å². The summed E-state index contributed by atoms with van der Waals surface area (Å²) < 4.78 is 4.73. The maximum Gasteiger partial charge on any atom is 0.350 e. The van der Waals surface area contributed by atoms with E-state index in [1.807, 2.05) is 18.2 Å². The number of nitrogens with one attached hydrogen (secondary N) is 1. The summed E-state index contributed by atoms with van der Waals surface area (Å²) in [7, 11) is 1.33. The number of urea groups is 1. The fourth-order valence-electron chi connectivity index (χ4n) is 2.66. The van der Waals surface area contributed by atoms with Crippen LogP contribution in [0.5, 0.6) is 0 Å². The van der Waals surface area contributed by atoms with E-state index in [2.05, 4.69) is 22.3 Å². The Labute approximate surface area is 144 Å². The van der Waals surface area contributed by atoms with Gasteiger partial charge in [-0.05, 0) is 23.6 Å². The largest absolute Gasteiger partial charge is 0.465 e. The maximum atomic E-state index is 12.4. The van der Waals surface area contributed by atoms with Crippen LogP contribution in [-0.4, -0.2) is 50.2 Å². The zero-order valence-corrected chi connectivity index (χ0v) is 14.2. The molecule has 2 amide bonds. The van der Waals surface area contributed by atoms with Crippen molar-refractivity contribution in [1.82, 2.24) is 4.90 Å². The summed E-state index contributed by atoms with van der Waals surface area (Å²) in [6, 6.07) is 11.7. The van der Waals surface area contributed by atoms with E-state index in [1.165, 1.54) is 24.1 Å². The molecule has 1 aromatic heterocycles. The first-order valence-corrected chi connectivity index (χ1v) is 8.58. The van der Waals surface area contributed by atoms with E-state index in [0.29, 0.717) is 23.7 Å². The first-order chi connectivity index (χ1) is 11.7. The van der Waals surface area contributed by atoms with Gasteiger partial charge >= 0.3 is 12.0 Å².